The smallest absolute Gasteiger partial charge is 0.119 e. The van der Waals surface area contributed by atoms with Gasteiger partial charge in [-0.05, 0) is 31.7 Å². The van der Waals surface area contributed by atoms with Crippen LogP contribution in [0.5, 0.6) is 0 Å². The fourth-order valence-corrected chi connectivity index (χ4v) is 2.95. The molecule has 0 amide bonds. The number of hydrogen-bond donors (Lipinski definition) is 0. The molecule has 0 aromatic heterocycles. The molecule has 0 bridgehead atoms. The fraction of sp³-hybridized carbons (Fsp3) is 0.571. The van der Waals surface area contributed by atoms with Crippen molar-refractivity contribution in [1.82, 2.24) is 4.90 Å². The SMILES string of the molecule is CC12CCCCN1CC(c1ccccc1)O2. The van der Waals surface area contributed by atoms with Crippen molar-refractivity contribution in [2.75, 3.05) is 13.1 Å². The molecule has 2 unspecified atom stereocenters. The highest BCUT2D eigenvalue weighted by Crippen LogP contribution is 2.41. The van der Waals surface area contributed by atoms with Crippen LogP contribution in [-0.4, -0.2) is 23.7 Å². The van der Waals surface area contributed by atoms with Crippen molar-refractivity contribution in [2.45, 2.75) is 38.0 Å². The molecule has 2 saturated heterocycles. The normalized spacial score (nSPS) is 34.9. The topological polar surface area (TPSA) is 12.5 Å². The lowest BCUT2D eigenvalue weighted by Crippen LogP contribution is -2.45. The molecule has 1 aromatic carbocycles. The Hall–Kier alpha value is -0.860. The second-order valence-corrected chi connectivity index (χ2v) is 5.10. The van der Waals surface area contributed by atoms with E-state index in [-0.39, 0.29) is 11.8 Å². The summed E-state index contributed by atoms with van der Waals surface area (Å²) in [5.41, 5.74) is 1.32. The maximum absolute atomic E-state index is 6.26. The first kappa shape index (κ1) is 10.3. The Morgan fingerprint density at radius 1 is 1.25 bits per heavy atom. The molecule has 0 radical (unpaired) electrons. The van der Waals surface area contributed by atoms with Gasteiger partial charge >= 0.3 is 0 Å². The third-order valence-corrected chi connectivity index (χ3v) is 3.94. The summed E-state index contributed by atoms with van der Waals surface area (Å²) in [6.07, 6.45) is 4.06. The Bertz CT molecular complexity index is 364. The lowest BCUT2D eigenvalue weighted by molar-refractivity contribution is -0.110. The van der Waals surface area contributed by atoms with Crippen LogP contribution in [0.2, 0.25) is 0 Å². The van der Waals surface area contributed by atoms with Gasteiger partial charge in [-0.1, -0.05) is 30.3 Å². The maximum atomic E-state index is 6.26. The molecule has 86 valence electrons. The third kappa shape index (κ3) is 1.66. The number of piperidine rings is 1. The average molecular weight is 217 g/mol. The van der Waals surface area contributed by atoms with Crippen LogP contribution in [0.1, 0.15) is 37.9 Å². The van der Waals surface area contributed by atoms with Gasteiger partial charge in [0.25, 0.3) is 0 Å². The first-order chi connectivity index (χ1) is 7.78. The van der Waals surface area contributed by atoms with Gasteiger partial charge in [0.2, 0.25) is 0 Å². The Balaban J connectivity index is 1.82. The number of hydrogen-bond acceptors (Lipinski definition) is 2. The van der Waals surface area contributed by atoms with Crippen LogP contribution in [-0.2, 0) is 4.74 Å². The molecule has 0 N–H and O–H groups in total. The molecule has 0 saturated carbocycles. The van der Waals surface area contributed by atoms with Crippen LogP contribution in [0.25, 0.3) is 0 Å². The van der Waals surface area contributed by atoms with Gasteiger partial charge in [-0.15, -0.1) is 0 Å². The van der Waals surface area contributed by atoms with Gasteiger partial charge in [0.05, 0.1) is 6.10 Å². The minimum Gasteiger partial charge on any atom is -0.351 e. The predicted molar refractivity (Wildman–Crippen MR) is 64.1 cm³/mol. The van der Waals surface area contributed by atoms with Crippen molar-refractivity contribution in [1.29, 1.82) is 0 Å². The molecule has 2 heterocycles. The van der Waals surface area contributed by atoms with E-state index < -0.39 is 0 Å². The van der Waals surface area contributed by atoms with Crippen LogP contribution in [0, 0.1) is 0 Å². The zero-order valence-corrected chi connectivity index (χ0v) is 9.86. The number of nitrogens with zero attached hydrogens (tertiary/aromatic N) is 1. The molecular weight excluding hydrogens is 198 g/mol. The van der Waals surface area contributed by atoms with Gasteiger partial charge in [0.15, 0.2) is 0 Å². The van der Waals surface area contributed by atoms with E-state index in [1.54, 1.807) is 0 Å². The van der Waals surface area contributed by atoms with E-state index >= 15 is 0 Å². The largest absolute Gasteiger partial charge is 0.351 e. The highest BCUT2D eigenvalue weighted by molar-refractivity contribution is 5.19. The molecule has 0 aliphatic carbocycles. The van der Waals surface area contributed by atoms with Crippen LogP contribution in [0.4, 0.5) is 0 Å². The Labute approximate surface area is 97.2 Å². The van der Waals surface area contributed by atoms with Crippen molar-refractivity contribution >= 4 is 0 Å². The molecule has 2 aliphatic heterocycles. The fourth-order valence-electron chi connectivity index (χ4n) is 2.95. The molecule has 16 heavy (non-hydrogen) atoms. The quantitative estimate of drug-likeness (QED) is 0.717. The van der Waals surface area contributed by atoms with E-state index in [4.69, 9.17) is 4.74 Å². The Morgan fingerprint density at radius 2 is 2.06 bits per heavy atom. The molecule has 3 rings (SSSR count). The van der Waals surface area contributed by atoms with E-state index in [0.717, 1.165) is 6.54 Å². The zero-order valence-electron chi connectivity index (χ0n) is 9.86. The van der Waals surface area contributed by atoms with Crippen LogP contribution in [0.15, 0.2) is 30.3 Å². The van der Waals surface area contributed by atoms with E-state index in [2.05, 4.69) is 42.2 Å². The highest BCUT2D eigenvalue weighted by atomic mass is 16.5. The second kappa shape index (κ2) is 3.86. The summed E-state index contributed by atoms with van der Waals surface area (Å²) in [6.45, 7) is 4.50. The predicted octanol–water partition coefficient (Wildman–Crippen LogP) is 2.96. The monoisotopic (exact) mass is 217 g/mol. The average Bonchev–Trinajstić information content (AvgIpc) is 2.67. The number of fused-ring (bicyclic) bond motifs is 1. The van der Waals surface area contributed by atoms with Crippen LogP contribution < -0.4 is 0 Å². The molecule has 2 aliphatic rings. The zero-order chi connectivity index (χ0) is 11.0. The number of rotatable bonds is 1. The maximum Gasteiger partial charge on any atom is 0.119 e. The molecule has 2 fully saturated rings. The van der Waals surface area contributed by atoms with Gasteiger partial charge < -0.3 is 4.74 Å². The minimum atomic E-state index is -0.00123. The van der Waals surface area contributed by atoms with Gasteiger partial charge in [-0.2, -0.15) is 0 Å². The van der Waals surface area contributed by atoms with Gasteiger partial charge in [-0.25, -0.2) is 0 Å². The lowest BCUT2D eigenvalue weighted by Gasteiger charge is -2.37. The van der Waals surface area contributed by atoms with Gasteiger partial charge in [-0.3, -0.25) is 4.90 Å². The van der Waals surface area contributed by atoms with Crippen molar-refractivity contribution < 1.29 is 4.74 Å². The molecular formula is C14H19NO. The van der Waals surface area contributed by atoms with Gasteiger partial charge in [0, 0.05) is 13.1 Å². The third-order valence-electron chi connectivity index (χ3n) is 3.94. The first-order valence-electron chi connectivity index (χ1n) is 6.26. The summed E-state index contributed by atoms with van der Waals surface area (Å²) in [5, 5.41) is 0. The standard InChI is InChI=1S/C14H19NO/c1-14-9-5-6-10-15(14)11-13(16-14)12-7-3-2-4-8-12/h2-4,7-8,13H,5-6,9-11H2,1H3. The Kier molecular flexibility index (Phi) is 2.49. The molecule has 2 atom stereocenters. The van der Waals surface area contributed by atoms with E-state index in [1.807, 2.05) is 0 Å². The van der Waals surface area contributed by atoms with E-state index in [0.29, 0.717) is 0 Å². The van der Waals surface area contributed by atoms with Crippen LogP contribution >= 0.6 is 0 Å². The molecule has 2 heteroatoms. The van der Waals surface area contributed by atoms with E-state index in [1.165, 1.54) is 31.4 Å². The summed E-state index contributed by atoms with van der Waals surface area (Å²) in [7, 11) is 0. The summed E-state index contributed by atoms with van der Waals surface area (Å²) in [5.74, 6) is 0. The summed E-state index contributed by atoms with van der Waals surface area (Å²) in [4.78, 5) is 2.51. The van der Waals surface area contributed by atoms with Crippen molar-refractivity contribution in [2.24, 2.45) is 0 Å². The lowest BCUT2D eigenvalue weighted by atomic mass is 10.0. The second-order valence-electron chi connectivity index (χ2n) is 5.10. The van der Waals surface area contributed by atoms with Crippen molar-refractivity contribution in [3.05, 3.63) is 35.9 Å². The molecule has 2 nitrogen and oxygen atoms in total. The van der Waals surface area contributed by atoms with Crippen molar-refractivity contribution in [3.8, 4) is 0 Å². The molecule has 1 aromatic rings. The number of ether oxygens (including phenoxy) is 1. The highest BCUT2D eigenvalue weighted by Gasteiger charge is 2.44. The van der Waals surface area contributed by atoms with Gasteiger partial charge in [0.1, 0.15) is 5.72 Å². The first-order valence-corrected chi connectivity index (χ1v) is 6.26. The summed E-state index contributed by atoms with van der Waals surface area (Å²) < 4.78 is 6.26. The number of benzene rings is 1. The summed E-state index contributed by atoms with van der Waals surface area (Å²) >= 11 is 0. The summed E-state index contributed by atoms with van der Waals surface area (Å²) in [6, 6.07) is 10.6. The van der Waals surface area contributed by atoms with Crippen molar-refractivity contribution in [3.63, 3.8) is 0 Å². The molecule has 0 spiro atoms. The van der Waals surface area contributed by atoms with E-state index in [9.17, 15) is 0 Å². The van der Waals surface area contributed by atoms with Crippen LogP contribution in [0.3, 0.4) is 0 Å². The minimum absolute atomic E-state index is 0.00123. The Morgan fingerprint density at radius 3 is 2.81 bits per heavy atom.